The second kappa shape index (κ2) is 13.5. The summed E-state index contributed by atoms with van der Waals surface area (Å²) >= 11 is 0. The molecule has 0 aliphatic rings. The summed E-state index contributed by atoms with van der Waals surface area (Å²) in [5.41, 5.74) is 15.5. The van der Waals surface area contributed by atoms with Gasteiger partial charge in [-0.2, -0.15) is 0 Å². The van der Waals surface area contributed by atoms with E-state index in [0.717, 1.165) is 22.4 Å². The first-order valence-corrected chi connectivity index (χ1v) is 19.5. The van der Waals surface area contributed by atoms with E-state index in [1.807, 2.05) is 12.3 Å². The van der Waals surface area contributed by atoms with E-state index in [1.54, 1.807) is 0 Å². The molecule has 0 fully saturated rings. The highest BCUT2D eigenvalue weighted by molar-refractivity contribution is 6.28. The van der Waals surface area contributed by atoms with Crippen LogP contribution in [0.15, 0.2) is 194 Å². The average molecular weight is 716 g/mol. The molecule has 266 valence electrons. The van der Waals surface area contributed by atoms with E-state index in [4.69, 9.17) is 4.98 Å². The van der Waals surface area contributed by atoms with Gasteiger partial charge in [-0.1, -0.05) is 191 Å². The van der Waals surface area contributed by atoms with Crippen LogP contribution in [-0.2, 0) is 5.41 Å². The molecule has 0 bridgehead atoms. The van der Waals surface area contributed by atoms with Gasteiger partial charge in [-0.3, -0.25) is 4.98 Å². The standard InChI is InChI=1S/C55H41N/c1-55(2,3)45-31-42-24-28-47-49(39-21-19-37(20-22-39)44-26-30-52(56-35-44)40-17-11-6-12-18-40)34-51(48-29-25-43(32-45)53(42)54(47)48)50-33-41(36-13-7-4-8-14-36)23-27-46(50)38-15-9-5-10-16-38/h4-35H,1-3H3. The molecule has 0 amide bonds. The minimum atomic E-state index is 0.0440. The van der Waals surface area contributed by atoms with Gasteiger partial charge in [0.05, 0.1) is 5.69 Å². The fourth-order valence-corrected chi connectivity index (χ4v) is 8.44. The first-order valence-electron chi connectivity index (χ1n) is 19.5. The van der Waals surface area contributed by atoms with Gasteiger partial charge in [0.15, 0.2) is 0 Å². The normalized spacial score (nSPS) is 11.8. The highest BCUT2D eigenvalue weighted by Gasteiger charge is 2.22. The Morgan fingerprint density at radius 2 is 0.857 bits per heavy atom. The molecule has 0 saturated heterocycles. The first kappa shape index (κ1) is 33.7. The van der Waals surface area contributed by atoms with Crippen LogP contribution in [0.2, 0.25) is 0 Å². The van der Waals surface area contributed by atoms with Crippen molar-refractivity contribution in [1.29, 1.82) is 0 Å². The van der Waals surface area contributed by atoms with Crippen LogP contribution < -0.4 is 0 Å². The Balaban J connectivity index is 1.21. The van der Waals surface area contributed by atoms with Crippen LogP contribution in [0.1, 0.15) is 26.3 Å². The van der Waals surface area contributed by atoms with Gasteiger partial charge in [0, 0.05) is 17.3 Å². The molecule has 0 aliphatic heterocycles. The smallest absolute Gasteiger partial charge is 0.0702 e. The lowest BCUT2D eigenvalue weighted by Crippen LogP contribution is -2.10. The maximum Gasteiger partial charge on any atom is 0.0702 e. The van der Waals surface area contributed by atoms with Crippen molar-refractivity contribution in [3.63, 3.8) is 0 Å². The van der Waals surface area contributed by atoms with E-state index in [1.165, 1.54) is 82.4 Å². The lowest BCUT2D eigenvalue weighted by Gasteiger charge is -2.23. The Morgan fingerprint density at radius 3 is 1.46 bits per heavy atom. The van der Waals surface area contributed by atoms with Gasteiger partial charge in [0.25, 0.3) is 0 Å². The number of aromatic nitrogens is 1. The Bertz CT molecular complexity index is 2970. The fraction of sp³-hybridized carbons (Fsp3) is 0.0727. The third-order valence-corrected chi connectivity index (χ3v) is 11.4. The molecule has 0 N–H and O–H groups in total. The monoisotopic (exact) mass is 715 g/mol. The molecular weight excluding hydrogens is 675 g/mol. The maximum absolute atomic E-state index is 4.82. The molecule has 0 spiro atoms. The van der Waals surface area contributed by atoms with Gasteiger partial charge >= 0.3 is 0 Å². The zero-order valence-electron chi connectivity index (χ0n) is 31.9. The topological polar surface area (TPSA) is 12.9 Å². The molecule has 0 atom stereocenters. The van der Waals surface area contributed by atoms with Crippen LogP contribution in [0, 0.1) is 0 Å². The quantitative estimate of drug-likeness (QED) is 0.156. The zero-order valence-corrected chi connectivity index (χ0v) is 31.9. The summed E-state index contributed by atoms with van der Waals surface area (Å²) in [5, 5.41) is 7.77. The van der Waals surface area contributed by atoms with E-state index >= 15 is 0 Å². The van der Waals surface area contributed by atoms with Crippen molar-refractivity contribution in [2.45, 2.75) is 26.2 Å². The van der Waals surface area contributed by atoms with Gasteiger partial charge < -0.3 is 0 Å². The average Bonchev–Trinajstić information content (AvgIpc) is 3.26. The maximum atomic E-state index is 4.82. The molecule has 0 saturated carbocycles. The summed E-state index contributed by atoms with van der Waals surface area (Å²) in [4.78, 5) is 4.82. The lowest BCUT2D eigenvalue weighted by molar-refractivity contribution is 0.591. The van der Waals surface area contributed by atoms with Crippen molar-refractivity contribution in [1.82, 2.24) is 4.98 Å². The summed E-state index contributed by atoms with van der Waals surface area (Å²) in [5.74, 6) is 0. The molecule has 56 heavy (non-hydrogen) atoms. The Morgan fingerprint density at radius 1 is 0.339 bits per heavy atom. The van der Waals surface area contributed by atoms with Crippen molar-refractivity contribution < 1.29 is 0 Å². The van der Waals surface area contributed by atoms with Gasteiger partial charge in [0.2, 0.25) is 0 Å². The molecular formula is C55H41N. The number of hydrogen-bond acceptors (Lipinski definition) is 1. The van der Waals surface area contributed by atoms with Gasteiger partial charge in [0.1, 0.15) is 0 Å². The van der Waals surface area contributed by atoms with Crippen LogP contribution in [0.25, 0.3) is 99.2 Å². The number of pyridine rings is 1. The molecule has 1 nitrogen and oxygen atoms in total. The largest absolute Gasteiger partial charge is 0.256 e. The minimum absolute atomic E-state index is 0.0440. The number of hydrogen-bond donors (Lipinski definition) is 0. The summed E-state index contributed by atoms with van der Waals surface area (Å²) < 4.78 is 0. The van der Waals surface area contributed by atoms with Crippen molar-refractivity contribution in [2.24, 2.45) is 0 Å². The predicted molar refractivity (Wildman–Crippen MR) is 239 cm³/mol. The predicted octanol–water partition coefficient (Wildman–Crippen LogP) is 15.3. The first-order chi connectivity index (χ1) is 27.4. The Kier molecular flexibility index (Phi) is 8.12. The van der Waals surface area contributed by atoms with Gasteiger partial charge in [-0.25, -0.2) is 0 Å². The SMILES string of the molecule is CC(C)(C)c1cc2ccc3c(-c4ccc(-c5ccc(-c6ccccc6)nc5)cc4)cc(-c4cc(-c5ccccc5)ccc4-c4ccccc4)c4ccc(c1)c2c34. The second-order valence-corrected chi connectivity index (χ2v) is 16.0. The van der Waals surface area contributed by atoms with Gasteiger partial charge in [-0.05, 0) is 112 Å². The number of rotatable bonds is 6. The summed E-state index contributed by atoms with van der Waals surface area (Å²) in [6.07, 6.45) is 1.99. The van der Waals surface area contributed by atoms with Crippen LogP contribution in [0.4, 0.5) is 0 Å². The molecule has 0 aliphatic carbocycles. The van der Waals surface area contributed by atoms with E-state index in [0.29, 0.717) is 0 Å². The van der Waals surface area contributed by atoms with E-state index in [9.17, 15) is 0 Å². The lowest BCUT2D eigenvalue weighted by atomic mass is 9.80. The summed E-state index contributed by atoms with van der Waals surface area (Å²) in [7, 11) is 0. The van der Waals surface area contributed by atoms with Crippen LogP contribution in [-0.4, -0.2) is 4.98 Å². The number of benzene rings is 9. The van der Waals surface area contributed by atoms with Crippen molar-refractivity contribution in [2.75, 3.05) is 0 Å². The van der Waals surface area contributed by atoms with E-state index in [-0.39, 0.29) is 5.41 Å². The van der Waals surface area contributed by atoms with Crippen LogP contribution in [0.5, 0.6) is 0 Å². The number of nitrogens with zero attached hydrogens (tertiary/aromatic N) is 1. The molecule has 1 heteroatoms. The molecule has 10 aromatic rings. The molecule has 0 radical (unpaired) electrons. The van der Waals surface area contributed by atoms with Gasteiger partial charge in [-0.15, -0.1) is 0 Å². The van der Waals surface area contributed by atoms with Crippen LogP contribution in [0.3, 0.4) is 0 Å². The van der Waals surface area contributed by atoms with Crippen LogP contribution >= 0.6 is 0 Å². The molecule has 1 aromatic heterocycles. The third-order valence-electron chi connectivity index (χ3n) is 11.4. The molecule has 9 aromatic carbocycles. The summed E-state index contributed by atoms with van der Waals surface area (Å²) in [6.45, 7) is 6.91. The minimum Gasteiger partial charge on any atom is -0.256 e. The summed E-state index contributed by atoms with van der Waals surface area (Å²) in [6, 6.07) is 68.9. The van der Waals surface area contributed by atoms with Crippen molar-refractivity contribution in [3.05, 3.63) is 200 Å². The van der Waals surface area contributed by atoms with E-state index < -0.39 is 0 Å². The molecule has 10 rings (SSSR count). The van der Waals surface area contributed by atoms with Crippen molar-refractivity contribution in [3.8, 4) is 66.9 Å². The van der Waals surface area contributed by atoms with E-state index in [2.05, 4.69) is 203 Å². The highest BCUT2D eigenvalue weighted by Crippen LogP contribution is 2.47. The van der Waals surface area contributed by atoms with Crippen molar-refractivity contribution >= 4 is 32.3 Å². The molecule has 1 heterocycles. The highest BCUT2D eigenvalue weighted by atomic mass is 14.7. The second-order valence-electron chi connectivity index (χ2n) is 16.0. The Hall–Kier alpha value is -6.83. The fourth-order valence-electron chi connectivity index (χ4n) is 8.44. The molecule has 0 unspecified atom stereocenters. The third kappa shape index (κ3) is 5.93. The Labute approximate surface area is 328 Å². The zero-order chi connectivity index (χ0) is 37.8.